The Hall–Kier alpha value is -0.950. The van der Waals surface area contributed by atoms with Crippen molar-refractivity contribution in [3.05, 3.63) is 24.3 Å². The van der Waals surface area contributed by atoms with E-state index in [2.05, 4.69) is 16.0 Å². The van der Waals surface area contributed by atoms with Gasteiger partial charge in [-0.05, 0) is 42.4 Å². The van der Waals surface area contributed by atoms with Crippen molar-refractivity contribution in [3.63, 3.8) is 0 Å². The molecule has 0 saturated heterocycles. The van der Waals surface area contributed by atoms with E-state index in [4.69, 9.17) is 51.8 Å². The largest absolute Gasteiger partial charge is 0.497 e. The van der Waals surface area contributed by atoms with Crippen LogP contribution in [0.25, 0.3) is 0 Å². The molecule has 1 atom stereocenters. The Morgan fingerprint density at radius 2 is 1.79 bits per heavy atom. The molecule has 1 unspecified atom stereocenters. The zero-order valence-electron chi connectivity index (χ0n) is 13.5. The molecule has 24 heavy (non-hydrogen) atoms. The lowest BCUT2D eigenvalue weighted by Crippen LogP contribution is -2.56. The van der Waals surface area contributed by atoms with E-state index < -0.39 is 9.96 Å². The predicted molar refractivity (Wildman–Crippen MR) is 104 cm³/mol. The zero-order valence-corrected chi connectivity index (χ0v) is 16.6. The number of nitrogens with one attached hydrogen (secondary N) is 3. The van der Waals surface area contributed by atoms with Crippen LogP contribution in [0.4, 0.5) is 5.69 Å². The second-order valence-corrected chi connectivity index (χ2v) is 8.24. The second-order valence-electron chi connectivity index (χ2n) is 5.47. The number of rotatable bonds is 6. The Morgan fingerprint density at radius 1 is 1.21 bits per heavy atom. The van der Waals surface area contributed by atoms with Gasteiger partial charge in [-0.2, -0.15) is 0 Å². The van der Waals surface area contributed by atoms with E-state index in [1.165, 1.54) is 0 Å². The number of carbonyl (C=O) groups is 1. The number of ether oxygens (including phenoxy) is 1. The summed E-state index contributed by atoms with van der Waals surface area (Å²) < 4.78 is 3.32. The molecule has 0 saturated carbocycles. The van der Waals surface area contributed by atoms with Gasteiger partial charge in [0.2, 0.25) is 9.70 Å². The van der Waals surface area contributed by atoms with Crippen LogP contribution in [0.1, 0.15) is 20.3 Å². The molecule has 0 fully saturated rings. The number of methoxy groups -OCH3 is 1. The first-order valence-electron chi connectivity index (χ1n) is 7.19. The van der Waals surface area contributed by atoms with Gasteiger partial charge in [0.15, 0.2) is 5.11 Å². The first kappa shape index (κ1) is 21.1. The summed E-state index contributed by atoms with van der Waals surface area (Å²) in [6.45, 7) is 3.85. The minimum Gasteiger partial charge on any atom is -0.497 e. The SMILES string of the molecule is COc1ccc(NC(=S)NC(NC(=O)CC(C)C)C(Cl)(Cl)Cl)cc1. The highest BCUT2D eigenvalue weighted by Gasteiger charge is 2.34. The first-order valence-corrected chi connectivity index (χ1v) is 8.73. The number of hydrogen-bond donors (Lipinski definition) is 3. The van der Waals surface area contributed by atoms with Gasteiger partial charge in [0.25, 0.3) is 0 Å². The van der Waals surface area contributed by atoms with Crippen molar-refractivity contribution in [1.29, 1.82) is 0 Å². The fourth-order valence-corrected chi connectivity index (χ4v) is 2.33. The first-order chi connectivity index (χ1) is 11.1. The van der Waals surface area contributed by atoms with E-state index in [0.29, 0.717) is 6.42 Å². The number of thiocarbonyl (C=S) groups is 1. The minimum atomic E-state index is -1.77. The minimum absolute atomic E-state index is 0.186. The number of halogens is 3. The molecule has 0 bridgehead atoms. The van der Waals surface area contributed by atoms with E-state index >= 15 is 0 Å². The molecule has 1 aromatic rings. The molecule has 3 N–H and O–H groups in total. The third-order valence-electron chi connectivity index (χ3n) is 2.85. The maximum absolute atomic E-state index is 11.9. The summed E-state index contributed by atoms with van der Waals surface area (Å²) in [5.41, 5.74) is 0.727. The number of benzene rings is 1. The van der Waals surface area contributed by atoms with Gasteiger partial charge in [-0.3, -0.25) is 4.79 Å². The lowest BCUT2D eigenvalue weighted by Gasteiger charge is -2.28. The van der Waals surface area contributed by atoms with Gasteiger partial charge in [0.05, 0.1) is 7.11 Å². The third-order valence-corrected chi connectivity index (χ3v) is 3.72. The molecule has 134 valence electrons. The molecule has 1 amide bonds. The van der Waals surface area contributed by atoms with Crippen LogP contribution >= 0.6 is 47.0 Å². The lowest BCUT2D eigenvalue weighted by molar-refractivity contribution is -0.122. The van der Waals surface area contributed by atoms with Crippen molar-refractivity contribution in [2.45, 2.75) is 30.2 Å². The van der Waals surface area contributed by atoms with Gasteiger partial charge in [-0.25, -0.2) is 0 Å². The molecule has 0 heterocycles. The van der Waals surface area contributed by atoms with E-state index in [9.17, 15) is 4.79 Å². The van der Waals surface area contributed by atoms with Gasteiger partial charge >= 0.3 is 0 Å². The van der Waals surface area contributed by atoms with E-state index in [1.807, 2.05) is 13.8 Å². The maximum atomic E-state index is 11.9. The lowest BCUT2D eigenvalue weighted by atomic mass is 10.1. The molecular weight excluding hydrogens is 393 g/mol. The van der Waals surface area contributed by atoms with Crippen LogP contribution in [0.5, 0.6) is 5.75 Å². The van der Waals surface area contributed by atoms with Gasteiger partial charge in [0.1, 0.15) is 11.9 Å². The molecule has 0 aliphatic heterocycles. The number of hydrogen-bond acceptors (Lipinski definition) is 3. The van der Waals surface area contributed by atoms with Crippen LogP contribution in [0.2, 0.25) is 0 Å². The zero-order chi connectivity index (χ0) is 18.3. The fourth-order valence-electron chi connectivity index (χ4n) is 1.76. The molecule has 9 heteroatoms. The Bertz CT molecular complexity index is 562. The summed E-state index contributed by atoms with van der Waals surface area (Å²) in [6, 6.07) is 7.13. The summed E-state index contributed by atoms with van der Waals surface area (Å²) in [6.07, 6.45) is -0.649. The van der Waals surface area contributed by atoms with Crippen molar-refractivity contribution in [1.82, 2.24) is 10.6 Å². The molecule has 5 nitrogen and oxygen atoms in total. The van der Waals surface area contributed by atoms with Crippen LogP contribution in [0.3, 0.4) is 0 Å². The summed E-state index contributed by atoms with van der Waals surface area (Å²) in [4.78, 5) is 11.9. The quantitative estimate of drug-likeness (QED) is 0.376. The van der Waals surface area contributed by atoms with Gasteiger partial charge in [-0.1, -0.05) is 48.7 Å². The number of amides is 1. The fraction of sp³-hybridized carbons (Fsp3) is 0.467. The number of anilines is 1. The van der Waals surface area contributed by atoms with Crippen molar-refractivity contribution >= 4 is 63.7 Å². The maximum Gasteiger partial charge on any atom is 0.228 e. The monoisotopic (exact) mass is 411 g/mol. The summed E-state index contributed by atoms with van der Waals surface area (Å²) in [5, 5.41) is 8.59. The van der Waals surface area contributed by atoms with Crippen molar-refractivity contribution in [2.75, 3.05) is 12.4 Å². The Kier molecular flexibility index (Phi) is 8.36. The van der Waals surface area contributed by atoms with E-state index in [1.54, 1.807) is 31.4 Å². The topological polar surface area (TPSA) is 62.4 Å². The van der Waals surface area contributed by atoms with Crippen LogP contribution in [0, 0.1) is 5.92 Å². The van der Waals surface area contributed by atoms with Crippen LogP contribution in [0.15, 0.2) is 24.3 Å². The van der Waals surface area contributed by atoms with Crippen LogP contribution < -0.4 is 20.7 Å². The highest BCUT2D eigenvalue weighted by molar-refractivity contribution is 7.80. The van der Waals surface area contributed by atoms with Crippen LogP contribution in [-0.4, -0.2) is 28.1 Å². The normalized spacial score (nSPS) is 12.5. The van der Waals surface area contributed by atoms with Gasteiger partial charge in [0, 0.05) is 12.1 Å². The molecule has 0 aliphatic rings. The Labute approximate surface area is 162 Å². The average Bonchev–Trinajstić information content (AvgIpc) is 2.45. The van der Waals surface area contributed by atoms with Gasteiger partial charge in [-0.15, -0.1) is 0 Å². The smallest absolute Gasteiger partial charge is 0.228 e. The highest BCUT2D eigenvalue weighted by Crippen LogP contribution is 2.29. The van der Waals surface area contributed by atoms with E-state index in [0.717, 1.165) is 11.4 Å². The molecule has 1 aromatic carbocycles. The highest BCUT2D eigenvalue weighted by atomic mass is 35.6. The molecule has 0 aliphatic carbocycles. The number of alkyl halides is 3. The number of carbonyl (C=O) groups excluding carboxylic acids is 1. The standard InChI is InChI=1S/C15H20Cl3N3O2S/c1-9(2)8-12(22)20-13(15(16,17)18)21-14(24)19-10-4-6-11(23-3)7-5-10/h4-7,9,13H,8H2,1-3H3,(H,20,22)(H2,19,21,24). The summed E-state index contributed by atoms with van der Waals surface area (Å²) in [5.74, 6) is 0.672. The van der Waals surface area contributed by atoms with Crippen molar-refractivity contribution < 1.29 is 9.53 Å². The third kappa shape index (κ3) is 7.75. The Morgan fingerprint density at radius 3 is 2.25 bits per heavy atom. The second kappa shape index (κ2) is 9.51. The van der Waals surface area contributed by atoms with Gasteiger partial charge < -0.3 is 20.7 Å². The molecule has 0 aromatic heterocycles. The Balaban J connectivity index is 2.68. The summed E-state index contributed by atoms with van der Waals surface area (Å²) >= 11 is 23.0. The molecule has 1 rings (SSSR count). The van der Waals surface area contributed by atoms with E-state index in [-0.39, 0.29) is 16.9 Å². The van der Waals surface area contributed by atoms with Crippen molar-refractivity contribution in [2.24, 2.45) is 5.92 Å². The molecule has 0 radical (unpaired) electrons. The molecular formula is C15H20Cl3N3O2S. The van der Waals surface area contributed by atoms with Crippen LogP contribution in [-0.2, 0) is 4.79 Å². The molecule has 0 spiro atoms. The predicted octanol–water partition coefficient (Wildman–Crippen LogP) is 3.84. The van der Waals surface area contributed by atoms with Crippen molar-refractivity contribution in [3.8, 4) is 5.75 Å². The average molecular weight is 413 g/mol. The summed E-state index contributed by atoms with van der Waals surface area (Å²) in [7, 11) is 1.58.